The first-order chi connectivity index (χ1) is 12.4. The Hall–Kier alpha value is -1.46. The van der Waals surface area contributed by atoms with Crippen LogP contribution in [-0.4, -0.2) is 41.3 Å². The number of rotatable bonds is 5. The maximum Gasteiger partial charge on any atom is 0.160 e. The first-order valence-electron chi connectivity index (χ1n) is 9.49. The van der Waals surface area contributed by atoms with Crippen molar-refractivity contribution in [3.05, 3.63) is 42.4 Å². The molecule has 2 aromatic heterocycles. The van der Waals surface area contributed by atoms with E-state index in [9.17, 15) is 0 Å². The van der Waals surface area contributed by atoms with Gasteiger partial charge in [-0.15, -0.1) is 0 Å². The van der Waals surface area contributed by atoms with Gasteiger partial charge in [-0.1, -0.05) is 31.0 Å². The van der Waals surface area contributed by atoms with Gasteiger partial charge in [0.15, 0.2) is 5.09 Å². The maximum atomic E-state index is 6.10. The molecule has 2 fully saturated rings. The largest absolute Gasteiger partial charge is 0.454 e. The molecule has 1 saturated heterocycles. The smallest absolute Gasteiger partial charge is 0.160 e. The van der Waals surface area contributed by atoms with E-state index in [1.807, 2.05) is 24.2 Å². The van der Waals surface area contributed by atoms with Gasteiger partial charge >= 0.3 is 0 Å². The zero-order valence-corrected chi connectivity index (χ0v) is 15.6. The second-order valence-corrected chi connectivity index (χ2v) is 8.37. The van der Waals surface area contributed by atoms with Gasteiger partial charge in [-0.3, -0.25) is 9.88 Å². The Kier molecular flexibility index (Phi) is 5.62. The fourth-order valence-corrected chi connectivity index (χ4v) is 4.99. The second-order valence-electron chi connectivity index (χ2n) is 7.07. The van der Waals surface area contributed by atoms with Crippen LogP contribution in [0.2, 0.25) is 0 Å². The van der Waals surface area contributed by atoms with Crippen LogP contribution < -0.4 is 4.90 Å². The van der Waals surface area contributed by atoms with E-state index in [1.54, 1.807) is 0 Å². The molecule has 4 rings (SSSR count). The predicted molar refractivity (Wildman–Crippen MR) is 103 cm³/mol. The minimum absolute atomic E-state index is 0.761. The van der Waals surface area contributed by atoms with Gasteiger partial charge in [0.05, 0.1) is 6.54 Å². The predicted octanol–water partition coefficient (Wildman–Crippen LogP) is 4.42. The van der Waals surface area contributed by atoms with E-state index in [4.69, 9.17) is 4.42 Å². The van der Waals surface area contributed by atoms with Gasteiger partial charge < -0.3 is 9.32 Å². The lowest BCUT2D eigenvalue weighted by atomic mass is 10.0. The van der Waals surface area contributed by atoms with Crippen molar-refractivity contribution < 1.29 is 4.42 Å². The molecule has 3 heterocycles. The monoisotopic (exact) mass is 357 g/mol. The molecule has 1 aliphatic heterocycles. The summed E-state index contributed by atoms with van der Waals surface area (Å²) < 4.78 is 6.10. The van der Waals surface area contributed by atoms with Gasteiger partial charge in [-0.2, -0.15) is 0 Å². The van der Waals surface area contributed by atoms with E-state index in [1.165, 1.54) is 37.8 Å². The van der Waals surface area contributed by atoms with Crippen LogP contribution in [0.5, 0.6) is 0 Å². The highest BCUT2D eigenvalue weighted by Crippen LogP contribution is 2.34. The summed E-state index contributed by atoms with van der Waals surface area (Å²) in [6, 6.07) is 8.52. The Morgan fingerprint density at radius 3 is 2.48 bits per heavy atom. The van der Waals surface area contributed by atoms with Crippen molar-refractivity contribution in [2.75, 3.05) is 31.1 Å². The van der Waals surface area contributed by atoms with E-state index in [2.05, 4.69) is 39.0 Å². The number of aromatic nitrogens is 1. The zero-order chi connectivity index (χ0) is 16.9. The van der Waals surface area contributed by atoms with Crippen molar-refractivity contribution in [2.24, 2.45) is 0 Å². The molecule has 0 unspecified atom stereocenters. The summed E-state index contributed by atoms with van der Waals surface area (Å²) in [7, 11) is 0. The first kappa shape index (κ1) is 17.0. The van der Waals surface area contributed by atoms with Crippen LogP contribution in [0.25, 0.3) is 0 Å². The standard InChI is InChI=1S/C20H27N3OS/c1-2-4-19(5-3-1)25-20-7-6-18(24-20)16-22-12-14-23(15-13-22)17-8-10-21-11-9-17/h6-11,19H,1-5,12-16H2. The molecule has 1 aliphatic carbocycles. The summed E-state index contributed by atoms with van der Waals surface area (Å²) >= 11 is 1.95. The summed E-state index contributed by atoms with van der Waals surface area (Å²) in [5.41, 5.74) is 1.28. The number of hydrogen-bond donors (Lipinski definition) is 0. The molecule has 0 bridgehead atoms. The number of pyridine rings is 1. The Labute approximate surface area is 154 Å². The summed E-state index contributed by atoms with van der Waals surface area (Å²) in [6.07, 6.45) is 10.6. The van der Waals surface area contributed by atoms with Gasteiger partial charge in [0.2, 0.25) is 0 Å². The molecule has 0 atom stereocenters. The van der Waals surface area contributed by atoms with Crippen molar-refractivity contribution >= 4 is 17.4 Å². The van der Waals surface area contributed by atoms with Crippen LogP contribution in [0, 0.1) is 0 Å². The maximum absolute atomic E-state index is 6.10. The molecule has 0 amide bonds. The normalized spacial score (nSPS) is 20.1. The highest BCUT2D eigenvalue weighted by atomic mass is 32.2. The van der Waals surface area contributed by atoms with Crippen LogP contribution in [0.4, 0.5) is 5.69 Å². The average Bonchev–Trinajstić information content (AvgIpc) is 3.11. The average molecular weight is 358 g/mol. The van der Waals surface area contributed by atoms with Crippen molar-refractivity contribution in [1.82, 2.24) is 9.88 Å². The highest BCUT2D eigenvalue weighted by Gasteiger charge is 2.20. The molecule has 4 nitrogen and oxygen atoms in total. The van der Waals surface area contributed by atoms with Crippen molar-refractivity contribution in [1.29, 1.82) is 0 Å². The number of furan rings is 1. The molecule has 0 spiro atoms. The SMILES string of the molecule is c1cc(N2CCN(Cc3ccc(SC4CCCCC4)o3)CC2)ccn1. The van der Waals surface area contributed by atoms with E-state index >= 15 is 0 Å². The van der Waals surface area contributed by atoms with Crippen LogP contribution in [0.15, 0.2) is 46.2 Å². The van der Waals surface area contributed by atoms with Gasteiger partial charge in [0.25, 0.3) is 0 Å². The summed E-state index contributed by atoms with van der Waals surface area (Å²) in [5, 5.41) is 1.87. The third-order valence-electron chi connectivity index (χ3n) is 5.25. The van der Waals surface area contributed by atoms with E-state index in [0.29, 0.717) is 0 Å². The minimum Gasteiger partial charge on any atom is -0.454 e. The number of hydrogen-bond acceptors (Lipinski definition) is 5. The Balaban J connectivity index is 1.26. The number of thioether (sulfide) groups is 1. The van der Waals surface area contributed by atoms with E-state index < -0.39 is 0 Å². The van der Waals surface area contributed by atoms with E-state index in [0.717, 1.165) is 48.8 Å². The van der Waals surface area contributed by atoms with Crippen molar-refractivity contribution in [3.63, 3.8) is 0 Å². The quantitative estimate of drug-likeness (QED) is 0.791. The number of nitrogens with zero attached hydrogens (tertiary/aromatic N) is 3. The summed E-state index contributed by atoms with van der Waals surface area (Å²) in [5.74, 6) is 1.11. The number of piperazine rings is 1. The Morgan fingerprint density at radius 1 is 0.960 bits per heavy atom. The summed E-state index contributed by atoms with van der Waals surface area (Å²) in [4.78, 5) is 9.03. The lowest BCUT2D eigenvalue weighted by Gasteiger charge is -2.35. The Bertz CT molecular complexity index is 646. The topological polar surface area (TPSA) is 32.5 Å². The van der Waals surface area contributed by atoms with Gasteiger partial charge in [-0.05, 0) is 37.1 Å². The van der Waals surface area contributed by atoms with Crippen molar-refractivity contribution in [2.45, 2.75) is 49.0 Å². The van der Waals surface area contributed by atoms with Gasteiger partial charge in [-0.25, -0.2) is 0 Å². The molecule has 134 valence electrons. The highest BCUT2D eigenvalue weighted by molar-refractivity contribution is 7.99. The lowest BCUT2D eigenvalue weighted by molar-refractivity contribution is 0.225. The Morgan fingerprint density at radius 2 is 1.72 bits per heavy atom. The molecule has 1 saturated carbocycles. The van der Waals surface area contributed by atoms with Crippen LogP contribution in [-0.2, 0) is 6.54 Å². The molecular weight excluding hydrogens is 330 g/mol. The van der Waals surface area contributed by atoms with Crippen molar-refractivity contribution in [3.8, 4) is 0 Å². The fraction of sp³-hybridized carbons (Fsp3) is 0.550. The molecular formula is C20H27N3OS. The molecule has 5 heteroatoms. The molecule has 25 heavy (non-hydrogen) atoms. The van der Waals surface area contributed by atoms with Crippen LogP contribution >= 0.6 is 11.8 Å². The zero-order valence-electron chi connectivity index (χ0n) is 14.8. The lowest BCUT2D eigenvalue weighted by Crippen LogP contribution is -2.45. The molecule has 0 N–H and O–H groups in total. The summed E-state index contributed by atoms with van der Waals surface area (Å²) in [6.45, 7) is 5.21. The minimum atomic E-state index is 0.761. The number of anilines is 1. The first-order valence-corrected chi connectivity index (χ1v) is 10.4. The molecule has 0 aromatic carbocycles. The molecule has 2 aliphatic rings. The van der Waals surface area contributed by atoms with Crippen LogP contribution in [0.1, 0.15) is 37.9 Å². The third kappa shape index (κ3) is 4.59. The van der Waals surface area contributed by atoms with Gasteiger partial charge in [0.1, 0.15) is 5.76 Å². The van der Waals surface area contributed by atoms with Gasteiger partial charge in [0, 0.05) is 49.5 Å². The second kappa shape index (κ2) is 8.28. The third-order valence-corrected chi connectivity index (χ3v) is 6.51. The fourth-order valence-electron chi connectivity index (χ4n) is 3.79. The molecule has 0 radical (unpaired) electrons. The molecule has 2 aromatic rings. The van der Waals surface area contributed by atoms with E-state index in [-0.39, 0.29) is 0 Å². The van der Waals surface area contributed by atoms with Crippen LogP contribution in [0.3, 0.4) is 0 Å².